The van der Waals surface area contributed by atoms with Gasteiger partial charge in [0.15, 0.2) is 15.7 Å². The minimum absolute atomic E-state index is 0.0896. The highest BCUT2D eigenvalue weighted by Gasteiger charge is 2.31. The van der Waals surface area contributed by atoms with E-state index in [2.05, 4.69) is 15.5 Å². The first-order valence-corrected chi connectivity index (χ1v) is 8.12. The number of aryl methyl sites for hydroxylation is 1. The van der Waals surface area contributed by atoms with Gasteiger partial charge >= 0.3 is 0 Å². The second-order valence-electron chi connectivity index (χ2n) is 5.14. The number of tetrazole rings is 1. The molecule has 1 aromatic carbocycles. The Morgan fingerprint density at radius 3 is 2.80 bits per heavy atom. The molecule has 0 radical (unpaired) electrons. The number of rotatable bonds is 2. The normalized spacial score (nSPS) is 21.1. The van der Waals surface area contributed by atoms with E-state index in [-0.39, 0.29) is 17.5 Å². The number of nitrogens with zero attached hydrogens (tertiary/aromatic N) is 4. The van der Waals surface area contributed by atoms with Crippen LogP contribution in [0.1, 0.15) is 18.0 Å². The van der Waals surface area contributed by atoms with E-state index in [0.29, 0.717) is 17.9 Å². The van der Waals surface area contributed by atoms with Gasteiger partial charge in [0.05, 0.1) is 17.5 Å². The Bertz CT molecular complexity index is 733. The van der Waals surface area contributed by atoms with Crippen molar-refractivity contribution in [3.05, 3.63) is 23.8 Å². The van der Waals surface area contributed by atoms with Gasteiger partial charge in [-0.25, -0.2) is 13.1 Å². The fourth-order valence-corrected chi connectivity index (χ4v) is 4.23. The molecule has 1 fully saturated rings. The highest BCUT2D eigenvalue weighted by molar-refractivity contribution is 7.91. The Labute approximate surface area is 116 Å². The summed E-state index contributed by atoms with van der Waals surface area (Å²) in [4.78, 5) is 0. The molecule has 2 N–H and O–H groups in total. The van der Waals surface area contributed by atoms with Gasteiger partial charge in [0.2, 0.25) is 0 Å². The second-order valence-corrected chi connectivity index (χ2v) is 7.37. The minimum Gasteiger partial charge on any atom is -0.399 e. The monoisotopic (exact) mass is 293 g/mol. The van der Waals surface area contributed by atoms with Gasteiger partial charge < -0.3 is 5.73 Å². The maximum Gasteiger partial charge on any atom is 0.182 e. The summed E-state index contributed by atoms with van der Waals surface area (Å²) in [6, 6.07) is 5.38. The van der Waals surface area contributed by atoms with Crippen LogP contribution in [0.15, 0.2) is 18.2 Å². The van der Waals surface area contributed by atoms with Gasteiger partial charge in [-0.15, -0.1) is 5.10 Å². The Kier molecular flexibility index (Phi) is 2.97. The van der Waals surface area contributed by atoms with Crippen LogP contribution in [0.2, 0.25) is 0 Å². The molecule has 2 aromatic rings. The van der Waals surface area contributed by atoms with E-state index in [4.69, 9.17) is 5.73 Å². The van der Waals surface area contributed by atoms with Crippen molar-refractivity contribution in [2.45, 2.75) is 19.4 Å². The number of sulfone groups is 1. The van der Waals surface area contributed by atoms with Gasteiger partial charge in [-0.2, -0.15) is 0 Å². The molecule has 0 bridgehead atoms. The third-order valence-corrected chi connectivity index (χ3v) is 5.16. The molecule has 1 saturated heterocycles. The highest BCUT2D eigenvalue weighted by atomic mass is 32.2. The van der Waals surface area contributed by atoms with E-state index >= 15 is 0 Å². The van der Waals surface area contributed by atoms with Crippen LogP contribution < -0.4 is 5.73 Å². The summed E-state index contributed by atoms with van der Waals surface area (Å²) in [5, 5.41) is 11.6. The van der Waals surface area contributed by atoms with Crippen LogP contribution in [0.3, 0.4) is 0 Å². The molecule has 0 spiro atoms. The zero-order chi connectivity index (χ0) is 14.3. The van der Waals surface area contributed by atoms with Gasteiger partial charge in [0.25, 0.3) is 0 Å². The van der Waals surface area contributed by atoms with Crippen molar-refractivity contribution in [1.29, 1.82) is 0 Å². The Morgan fingerprint density at radius 2 is 2.15 bits per heavy atom. The van der Waals surface area contributed by atoms with Crippen molar-refractivity contribution in [2.24, 2.45) is 0 Å². The van der Waals surface area contributed by atoms with Gasteiger partial charge in [-0.05, 0) is 47.5 Å². The summed E-state index contributed by atoms with van der Waals surface area (Å²) in [6.07, 6.45) is 0.543. The molecule has 1 aliphatic heterocycles. The van der Waals surface area contributed by atoms with Crippen LogP contribution in [-0.2, 0) is 9.84 Å². The topological polar surface area (TPSA) is 104 Å². The average molecular weight is 293 g/mol. The molecule has 1 atom stereocenters. The Morgan fingerprint density at radius 1 is 1.35 bits per heavy atom. The highest BCUT2D eigenvalue weighted by Crippen LogP contribution is 2.28. The molecule has 1 unspecified atom stereocenters. The molecule has 0 amide bonds. The zero-order valence-electron chi connectivity index (χ0n) is 11.0. The molecule has 2 heterocycles. The quantitative estimate of drug-likeness (QED) is 0.813. The van der Waals surface area contributed by atoms with E-state index in [1.165, 1.54) is 0 Å². The lowest BCUT2D eigenvalue weighted by Gasteiger charge is -2.11. The molecular weight excluding hydrogens is 278 g/mol. The van der Waals surface area contributed by atoms with Crippen LogP contribution in [0.5, 0.6) is 0 Å². The standard InChI is InChI=1S/C12H15N5O2S/c1-8-4-9(6-10(13)5-8)12-14-15-16-17(12)11-2-3-20(18,19)7-11/h4-6,11H,2-3,7,13H2,1H3. The van der Waals surface area contributed by atoms with Crippen molar-refractivity contribution in [2.75, 3.05) is 17.2 Å². The van der Waals surface area contributed by atoms with E-state index in [9.17, 15) is 8.42 Å². The third-order valence-electron chi connectivity index (χ3n) is 3.40. The minimum atomic E-state index is -2.98. The fourth-order valence-electron chi connectivity index (χ4n) is 2.54. The molecule has 7 nitrogen and oxygen atoms in total. The van der Waals surface area contributed by atoms with Crippen LogP contribution in [0.4, 0.5) is 5.69 Å². The summed E-state index contributed by atoms with van der Waals surface area (Å²) in [5.74, 6) is 0.835. The van der Waals surface area contributed by atoms with Gasteiger partial charge in [-0.1, -0.05) is 0 Å². The summed E-state index contributed by atoms with van der Waals surface area (Å²) in [5.41, 5.74) is 8.28. The van der Waals surface area contributed by atoms with Crippen molar-refractivity contribution < 1.29 is 8.42 Å². The molecule has 0 saturated carbocycles. The smallest absolute Gasteiger partial charge is 0.182 e. The number of nitrogen functional groups attached to an aromatic ring is 1. The Hall–Kier alpha value is -1.96. The summed E-state index contributed by atoms with van der Waals surface area (Å²) in [7, 11) is -2.98. The number of hydrogen-bond acceptors (Lipinski definition) is 6. The molecular formula is C12H15N5O2S. The molecule has 8 heteroatoms. The number of anilines is 1. The van der Waals surface area contributed by atoms with Crippen molar-refractivity contribution >= 4 is 15.5 Å². The molecule has 20 heavy (non-hydrogen) atoms. The summed E-state index contributed by atoms with van der Waals surface area (Å²) < 4.78 is 24.8. The van der Waals surface area contributed by atoms with Crippen molar-refractivity contribution in [1.82, 2.24) is 20.2 Å². The van der Waals surface area contributed by atoms with Gasteiger partial charge in [-0.3, -0.25) is 0 Å². The van der Waals surface area contributed by atoms with Crippen LogP contribution in [0.25, 0.3) is 11.4 Å². The second kappa shape index (κ2) is 4.55. The number of benzene rings is 1. The molecule has 0 aliphatic carbocycles. The first kappa shape index (κ1) is 13.0. The summed E-state index contributed by atoms with van der Waals surface area (Å²) in [6.45, 7) is 1.94. The van der Waals surface area contributed by atoms with Crippen LogP contribution in [-0.4, -0.2) is 40.1 Å². The summed E-state index contributed by atoms with van der Waals surface area (Å²) >= 11 is 0. The van der Waals surface area contributed by atoms with Crippen molar-refractivity contribution in [3.63, 3.8) is 0 Å². The third kappa shape index (κ3) is 2.38. The van der Waals surface area contributed by atoms with Crippen molar-refractivity contribution in [3.8, 4) is 11.4 Å². The van der Waals surface area contributed by atoms with Crippen LogP contribution in [0, 0.1) is 6.92 Å². The molecule has 3 rings (SSSR count). The number of aromatic nitrogens is 4. The maximum absolute atomic E-state index is 11.6. The first-order chi connectivity index (χ1) is 9.44. The zero-order valence-corrected chi connectivity index (χ0v) is 11.8. The number of nitrogens with two attached hydrogens (primary N) is 1. The predicted octanol–water partition coefficient (Wildman–Crippen LogP) is 0.590. The number of hydrogen-bond donors (Lipinski definition) is 1. The maximum atomic E-state index is 11.6. The lowest BCUT2D eigenvalue weighted by molar-refractivity contribution is 0.489. The van der Waals surface area contributed by atoms with E-state index < -0.39 is 9.84 Å². The first-order valence-electron chi connectivity index (χ1n) is 6.30. The SMILES string of the molecule is Cc1cc(N)cc(-c2nnnn2C2CCS(=O)(=O)C2)c1. The van der Waals surface area contributed by atoms with Gasteiger partial charge in [0.1, 0.15) is 0 Å². The average Bonchev–Trinajstić information content (AvgIpc) is 2.93. The van der Waals surface area contributed by atoms with E-state index in [1.54, 1.807) is 10.7 Å². The van der Waals surface area contributed by atoms with Crippen LogP contribution >= 0.6 is 0 Å². The van der Waals surface area contributed by atoms with E-state index in [1.807, 2.05) is 19.1 Å². The molecule has 1 aliphatic rings. The predicted molar refractivity (Wildman–Crippen MR) is 74.7 cm³/mol. The largest absolute Gasteiger partial charge is 0.399 e. The molecule has 106 valence electrons. The lowest BCUT2D eigenvalue weighted by atomic mass is 10.1. The Balaban J connectivity index is 2.02. The fraction of sp³-hybridized carbons (Fsp3) is 0.417. The van der Waals surface area contributed by atoms with E-state index in [0.717, 1.165) is 11.1 Å². The van der Waals surface area contributed by atoms with Gasteiger partial charge in [0, 0.05) is 11.3 Å². The lowest BCUT2D eigenvalue weighted by Crippen LogP contribution is -2.14. The molecule has 1 aromatic heterocycles.